The monoisotopic (exact) mass is 301 g/mol. The van der Waals surface area contributed by atoms with Crippen molar-refractivity contribution in [3.63, 3.8) is 0 Å². The molecule has 2 rings (SSSR count). The number of benzene rings is 1. The highest BCUT2D eigenvalue weighted by molar-refractivity contribution is 6.33. The number of halogens is 2. The van der Waals surface area contributed by atoms with Crippen molar-refractivity contribution in [1.29, 1.82) is 0 Å². The third-order valence-corrected chi connectivity index (χ3v) is 4.31. The maximum atomic E-state index is 6.22. The summed E-state index contributed by atoms with van der Waals surface area (Å²) in [4.78, 5) is 0. The van der Waals surface area contributed by atoms with Crippen LogP contribution in [0, 0.1) is 0 Å². The van der Waals surface area contributed by atoms with Crippen molar-refractivity contribution < 1.29 is 4.74 Å². The second-order valence-corrected chi connectivity index (χ2v) is 5.99. The number of nitrogens with one attached hydrogen (secondary N) is 1. The number of hydrogen-bond donors (Lipinski definition) is 1. The van der Waals surface area contributed by atoms with Crippen LogP contribution in [0.4, 0.5) is 0 Å². The first-order valence-electron chi connectivity index (χ1n) is 6.92. The average Bonchev–Trinajstić information content (AvgIpc) is 2.43. The van der Waals surface area contributed by atoms with E-state index in [9.17, 15) is 0 Å². The van der Waals surface area contributed by atoms with Gasteiger partial charge in [-0.05, 0) is 62.9 Å². The second kappa shape index (κ2) is 7.49. The minimum atomic E-state index is 0.374. The molecule has 4 heteroatoms. The Morgan fingerprint density at radius 3 is 2.89 bits per heavy atom. The topological polar surface area (TPSA) is 21.3 Å². The van der Waals surface area contributed by atoms with Crippen molar-refractivity contribution >= 4 is 23.2 Å². The SMILES string of the molecule is CNC(Cc1cc(Cl)ccc1Cl)CC1CCCCO1. The van der Waals surface area contributed by atoms with Crippen molar-refractivity contribution in [2.75, 3.05) is 13.7 Å². The van der Waals surface area contributed by atoms with E-state index in [0.717, 1.165) is 35.1 Å². The largest absolute Gasteiger partial charge is 0.378 e. The molecular formula is C15H21Cl2NO. The number of hydrogen-bond acceptors (Lipinski definition) is 2. The number of likely N-dealkylation sites (N-methyl/N-ethyl adjacent to an activating group) is 1. The summed E-state index contributed by atoms with van der Waals surface area (Å²) in [6.07, 6.45) is 5.93. The van der Waals surface area contributed by atoms with Crippen LogP contribution < -0.4 is 5.32 Å². The summed E-state index contributed by atoms with van der Waals surface area (Å²) in [6, 6.07) is 6.02. The van der Waals surface area contributed by atoms with Gasteiger partial charge in [-0.15, -0.1) is 0 Å². The van der Waals surface area contributed by atoms with Crippen LogP contribution in [0.1, 0.15) is 31.2 Å². The summed E-state index contributed by atoms with van der Waals surface area (Å²) in [5.41, 5.74) is 1.10. The highest BCUT2D eigenvalue weighted by Crippen LogP contribution is 2.24. The van der Waals surface area contributed by atoms with E-state index in [1.807, 2.05) is 25.2 Å². The fourth-order valence-corrected chi connectivity index (χ4v) is 2.97. The van der Waals surface area contributed by atoms with Crippen molar-refractivity contribution in [2.45, 2.75) is 44.2 Å². The lowest BCUT2D eigenvalue weighted by molar-refractivity contribution is 0.00569. The first-order chi connectivity index (χ1) is 9.19. The highest BCUT2D eigenvalue weighted by Gasteiger charge is 2.19. The molecule has 19 heavy (non-hydrogen) atoms. The van der Waals surface area contributed by atoms with E-state index >= 15 is 0 Å². The summed E-state index contributed by atoms with van der Waals surface area (Å²) < 4.78 is 5.80. The zero-order valence-electron chi connectivity index (χ0n) is 11.3. The molecule has 1 heterocycles. The van der Waals surface area contributed by atoms with E-state index in [2.05, 4.69) is 5.32 Å². The Hall–Kier alpha value is -0.280. The molecule has 1 aliphatic heterocycles. The Labute approximate surface area is 125 Å². The third-order valence-electron chi connectivity index (χ3n) is 3.70. The zero-order chi connectivity index (χ0) is 13.7. The minimum absolute atomic E-state index is 0.374. The summed E-state index contributed by atoms with van der Waals surface area (Å²) in [5, 5.41) is 4.89. The van der Waals surface area contributed by atoms with E-state index in [1.54, 1.807) is 0 Å². The molecule has 0 bridgehead atoms. The second-order valence-electron chi connectivity index (χ2n) is 5.15. The summed E-state index contributed by atoms with van der Waals surface area (Å²) in [7, 11) is 1.99. The fraction of sp³-hybridized carbons (Fsp3) is 0.600. The molecule has 0 saturated carbocycles. The van der Waals surface area contributed by atoms with E-state index in [0.29, 0.717) is 12.1 Å². The van der Waals surface area contributed by atoms with E-state index < -0.39 is 0 Å². The molecule has 0 amide bonds. The summed E-state index contributed by atoms with van der Waals surface area (Å²) >= 11 is 12.3. The standard InChI is InChI=1S/C15H21Cl2NO/c1-18-13(10-14-4-2-3-7-19-14)9-11-8-12(16)5-6-15(11)17/h5-6,8,13-14,18H,2-4,7,9-10H2,1H3. The van der Waals surface area contributed by atoms with Crippen LogP contribution in [0.2, 0.25) is 10.0 Å². The molecule has 2 unspecified atom stereocenters. The van der Waals surface area contributed by atoms with Gasteiger partial charge < -0.3 is 10.1 Å². The van der Waals surface area contributed by atoms with Gasteiger partial charge >= 0.3 is 0 Å². The Morgan fingerprint density at radius 1 is 1.37 bits per heavy atom. The number of ether oxygens (including phenoxy) is 1. The van der Waals surface area contributed by atoms with E-state index in [-0.39, 0.29) is 0 Å². The maximum absolute atomic E-state index is 6.22. The lowest BCUT2D eigenvalue weighted by atomic mass is 9.97. The molecule has 0 spiro atoms. The zero-order valence-corrected chi connectivity index (χ0v) is 12.8. The number of rotatable bonds is 5. The van der Waals surface area contributed by atoms with Gasteiger partial charge in [0.1, 0.15) is 0 Å². The van der Waals surface area contributed by atoms with Gasteiger partial charge in [-0.3, -0.25) is 0 Å². The van der Waals surface area contributed by atoms with Crippen LogP contribution in [0.5, 0.6) is 0 Å². The lowest BCUT2D eigenvalue weighted by Crippen LogP contribution is -2.34. The molecular weight excluding hydrogens is 281 g/mol. The van der Waals surface area contributed by atoms with Crippen LogP contribution >= 0.6 is 23.2 Å². The van der Waals surface area contributed by atoms with Gasteiger partial charge in [0.15, 0.2) is 0 Å². The molecule has 0 aromatic heterocycles. The smallest absolute Gasteiger partial charge is 0.0590 e. The summed E-state index contributed by atoms with van der Waals surface area (Å²) in [6.45, 7) is 0.902. The van der Waals surface area contributed by atoms with Gasteiger partial charge in [0.05, 0.1) is 6.10 Å². The van der Waals surface area contributed by atoms with Crippen LogP contribution in [0.25, 0.3) is 0 Å². The Kier molecular flexibility index (Phi) is 5.96. The van der Waals surface area contributed by atoms with Crippen LogP contribution in [-0.4, -0.2) is 25.8 Å². The van der Waals surface area contributed by atoms with Crippen molar-refractivity contribution in [1.82, 2.24) is 5.32 Å². The van der Waals surface area contributed by atoms with Gasteiger partial charge in [0.2, 0.25) is 0 Å². The van der Waals surface area contributed by atoms with Crippen LogP contribution in [0.15, 0.2) is 18.2 Å². The van der Waals surface area contributed by atoms with E-state index in [1.165, 1.54) is 19.3 Å². The molecule has 1 aromatic carbocycles. The average molecular weight is 302 g/mol. The van der Waals surface area contributed by atoms with Gasteiger partial charge in [-0.25, -0.2) is 0 Å². The minimum Gasteiger partial charge on any atom is -0.378 e. The van der Waals surface area contributed by atoms with Crippen molar-refractivity contribution in [3.8, 4) is 0 Å². The van der Waals surface area contributed by atoms with Crippen LogP contribution in [-0.2, 0) is 11.2 Å². The summed E-state index contributed by atoms with van der Waals surface area (Å²) in [5.74, 6) is 0. The predicted molar refractivity (Wildman–Crippen MR) is 81.2 cm³/mol. The fourth-order valence-electron chi connectivity index (χ4n) is 2.58. The normalized spacial score (nSPS) is 21.3. The first kappa shape index (κ1) is 15.1. The molecule has 1 fully saturated rings. The molecule has 1 aromatic rings. The first-order valence-corrected chi connectivity index (χ1v) is 7.67. The maximum Gasteiger partial charge on any atom is 0.0590 e. The molecule has 1 saturated heterocycles. The molecule has 106 valence electrons. The third kappa shape index (κ3) is 4.64. The Bertz CT molecular complexity index is 405. The van der Waals surface area contributed by atoms with Crippen molar-refractivity contribution in [2.24, 2.45) is 0 Å². The van der Waals surface area contributed by atoms with E-state index in [4.69, 9.17) is 27.9 Å². The van der Waals surface area contributed by atoms with Crippen LogP contribution in [0.3, 0.4) is 0 Å². The molecule has 0 aliphatic carbocycles. The molecule has 2 atom stereocenters. The molecule has 0 radical (unpaired) electrons. The van der Waals surface area contributed by atoms with Gasteiger partial charge in [-0.1, -0.05) is 23.2 Å². The molecule has 1 aliphatic rings. The molecule has 1 N–H and O–H groups in total. The Morgan fingerprint density at radius 2 is 2.21 bits per heavy atom. The van der Waals surface area contributed by atoms with Gasteiger partial charge in [0.25, 0.3) is 0 Å². The lowest BCUT2D eigenvalue weighted by Gasteiger charge is -2.27. The molecule has 2 nitrogen and oxygen atoms in total. The highest BCUT2D eigenvalue weighted by atomic mass is 35.5. The van der Waals surface area contributed by atoms with Gasteiger partial charge in [0, 0.05) is 22.7 Å². The predicted octanol–water partition coefficient (Wildman–Crippen LogP) is 4.08. The van der Waals surface area contributed by atoms with Gasteiger partial charge in [-0.2, -0.15) is 0 Å². The quantitative estimate of drug-likeness (QED) is 0.885. The Balaban J connectivity index is 1.95. The van der Waals surface area contributed by atoms with Crippen molar-refractivity contribution in [3.05, 3.63) is 33.8 Å².